The van der Waals surface area contributed by atoms with Crippen LogP contribution in [0.1, 0.15) is 32.6 Å². The van der Waals surface area contributed by atoms with Crippen molar-refractivity contribution in [3.63, 3.8) is 0 Å². The molecule has 1 fully saturated rings. The first-order valence-electron chi connectivity index (χ1n) is 6.08. The molecule has 0 amide bonds. The lowest BCUT2D eigenvalue weighted by molar-refractivity contribution is 0.305. The molecule has 0 spiro atoms. The van der Waals surface area contributed by atoms with Gasteiger partial charge in [0.1, 0.15) is 0 Å². The van der Waals surface area contributed by atoms with E-state index in [1.54, 1.807) is 12.3 Å². The quantitative estimate of drug-likeness (QED) is 0.768. The molecular weight excluding hydrogens is 202 g/mol. The van der Waals surface area contributed by atoms with E-state index in [1.807, 2.05) is 0 Å². The Morgan fingerprint density at radius 2 is 2.38 bits per heavy atom. The molecule has 0 aliphatic heterocycles. The number of rotatable bonds is 7. The molecule has 1 aliphatic carbocycles. The molecule has 1 saturated carbocycles. The van der Waals surface area contributed by atoms with Crippen LogP contribution >= 0.6 is 0 Å². The third-order valence-electron chi connectivity index (χ3n) is 2.62. The topological polar surface area (TPSA) is 47.0 Å². The van der Waals surface area contributed by atoms with Gasteiger partial charge in [0.25, 0.3) is 0 Å². The van der Waals surface area contributed by atoms with E-state index in [1.165, 1.54) is 19.3 Å². The number of hydrogen-bond acceptors (Lipinski definition) is 4. The minimum atomic E-state index is 0.658. The number of ether oxygens (including phenoxy) is 1. The highest BCUT2D eigenvalue weighted by atomic mass is 16.5. The summed E-state index contributed by atoms with van der Waals surface area (Å²) in [6.07, 6.45) is 6.74. The summed E-state index contributed by atoms with van der Waals surface area (Å²) < 4.78 is 5.44. The number of aromatic nitrogens is 2. The van der Waals surface area contributed by atoms with Crippen LogP contribution in [0.25, 0.3) is 0 Å². The number of nitrogens with one attached hydrogen (secondary N) is 1. The Labute approximate surface area is 96.4 Å². The van der Waals surface area contributed by atoms with Gasteiger partial charge in [0.2, 0.25) is 11.8 Å². The van der Waals surface area contributed by atoms with E-state index in [2.05, 4.69) is 22.2 Å². The zero-order chi connectivity index (χ0) is 11.2. The van der Waals surface area contributed by atoms with Crippen molar-refractivity contribution in [1.82, 2.24) is 9.97 Å². The molecule has 0 unspecified atom stereocenters. The zero-order valence-corrected chi connectivity index (χ0v) is 9.78. The lowest BCUT2D eigenvalue weighted by Gasteiger charge is -2.06. The summed E-state index contributed by atoms with van der Waals surface area (Å²) in [6, 6.07) is 1.79. The molecule has 88 valence electrons. The second-order valence-corrected chi connectivity index (χ2v) is 4.23. The molecule has 1 heterocycles. The van der Waals surface area contributed by atoms with Crippen LogP contribution in [0.3, 0.4) is 0 Å². The van der Waals surface area contributed by atoms with Crippen molar-refractivity contribution >= 4 is 5.95 Å². The molecule has 1 aliphatic rings. The van der Waals surface area contributed by atoms with Gasteiger partial charge in [0.15, 0.2) is 0 Å². The maximum Gasteiger partial charge on any atom is 0.225 e. The second kappa shape index (κ2) is 5.68. The van der Waals surface area contributed by atoms with Crippen molar-refractivity contribution in [2.45, 2.75) is 32.6 Å². The predicted molar refractivity (Wildman–Crippen MR) is 63.6 cm³/mol. The van der Waals surface area contributed by atoms with Crippen molar-refractivity contribution in [2.75, 3.05) is 18.5 Å². The van der Waals surface area contributed by atoms with Gasteiger partial charge < -0.3 is 10.1 Å². The highest BCUT2D eigenvalue weighted by Gasteiger charge is 2.20. The SMILES string of the molecule is CCCOc1ccnc(NCCC2CC2)n1. The van der Waals surface area contributed by atoms with Gasteiger partial charge >= 0.3 is 0 Å². The van der Waals surface area contributed by atoms with Gasteiger partial charge in [-0.25, -0.2) is 4.98 Å². The van der Waals surface area contributed by atoms with Crippen LogP contribution in [0.4, 0.5) is 5.95 Å². The molecule has 1 aromatic heterocycles. The van der Waals surface area contributed by atoms with Crippen molar-refractivity contribution in [2.24, 2.45) is 5.92 Å². The normalized spacial score (nSPS) is 14.8. The van der Waals surface area contributed by atoms with E-state index in [-0.39, 0.29) is 0 Å². The second-order valence-electron chi connectivity index (χ2n) is 4.23. The average Bonchev–Trinajstić information content (AvgIpc) is 3.11. The van der Waals surface area contributed by atoms with Crippen molar-refractivity contribution in [3.05, 3.63) is 12.3 Å². The molecular formula is C12H19N3O. The smallest absolute Gasteiger partial charge is 0.225 e. The van der Waals surface area contributed by atoms with E-state index in [0.717, 1.165) is 18.9 Å². The summed E-state index contributed by atoms with van der Waals surface area (Å²) >= 11 is 0. The third-order valence-corrected chi connectivity index (χ3v) is 2.62. The zero-order valence-electron chi connectivity index (χ0n) is 9.78. The lowest BCUT2D eigenvalue weighted by Crippen LogP contribution is -2.07. The summed E-state index contributed by atoms with van der Waals surface area (Å²) in [5, 5.41) is 3.23. The highest BCUT2D eigenvalue weighted by molar-refractivity contribution is 5.27. The standard InChI is InChI=1S/C12H19N3O/c1-2-9-16-11-6-8-14-12(15-11)13-7-5-10-3-4-10/h6,8,10H,2-5,7,9H2,1H3,(H,13,14,15). The Hall–Kier alpha value is -1.32. The van der Waals surface area contributed by atoms with Gasteiger partial charge in [-0.1, -0.05) is 19.8 Å². The first-order chi connectivity index (χ1) is 7.88. The number of nitrogens with zero attached hydrogens (tertiary/aromatic N) is 2. The van der Waals surface area contributed by atoms with Gasteiger partial charge in [-0.3, -0.25) is 0 Å². The van der Waals surface area contributed by atoms with Gasteiger partial charge in [-0.2, -0.15) is 4.98 Å². The van der Waals surface area contributed by atoms with Crippen LogP contribution in [0, 0.1) is 5.92 Å². The molecule has 4 heteroatoms. The molecule has 0 bridgehead atoms. The first kappa shape index (κ1) is 11.2. The molecule has 2 rings (SSSR count). The molecule has 0 saturated heterocycles. The van der Waals surface area contributed by atoms with Crippen LogP contribution in [-0.4, -0.2) is 23.1 Å². The summed E-state index contributed by atoms with van der Waals surface area (Å²) in [7, 11) is 0. The monoisotopic (exact) mass is 221 g/mol. The lowest BCUT2D eigenvalue weighted by atomic mass is 10.3. The summed E-state index contributed by atoms with van der Waals surface area (Å²) in [4.78, 5) is 8.45. The van der Waals surface area contributed by atoms with Crippen molar-refractivity contribution in [3.8, 4) is 5.88 Å². The van der Waals surface area contributed by atoms with E-state index >= 15 is 0 Å². The minimum Gasteiger partial charge on any atom is -0.478 e. The molecule has 1 aromatic rings. The largest absolute Gasteiger partial charge is 0.478 e. The molecule has 0 aromatic carbocycles. The van der Waals surface area contributed by atoms with E-state index in [9.17, 15) is 0 Å². The van der Waals surface area contributed by atoms with Gasteiger partial charge in [0.05, 0.1) is 6.61 Å². The highest BCUT2D eigenvalue weighted by Crippen LogP contribution is 2.31. The fourth-order valence-corrected chi connectivity index (χ4v) is 1.51. The Morgan fingerprint density at radius 3 is 3.12 bits per heavy atom. The molecule has 1 N–H and O–H groups in total. The van der Waals surface area contributed by atoms with E-state index in [4.69, 9.17) is 4.74 Å². The van der Waals surface area contributed by atoms with Crippen LogP contribution in [-0.2, 0) is 0 Å². The number of hydrogen-bond donors (Lipinski definition) is 1. The molecule has 4 nitrogen and oxygen atoms in total. The Bertz CT molecular complexity index is 326. The fraction of sp³-hybridized carbons (Fsp3) is 0.667. The van der Waals surface area contributed by atoms with Crippen LogP contribution < -0.4 is 10.1 Å². The average molecular weight is 221 g/mol. The maximum atomic E-state index is 5.44. The van der Waals surface area contributed by atoms with E-state index in [0.29, 0.717) is 18.4 Å². The molecule has 16 heavy (non-hydrogen) atoms. The summed E-state index contributed by atoms with van der Waals surface area (Å²) in [5.74, 6) is 2.27. The minimum absolute atomic E-state index is 0.658. The van der Waals surface area contributed by atoms with Crippen molar-refractivity contribution in [1.29, 1.82) is 0 Å². The van der Waals surface area contributed by atoms with Gasteiger partial charge in [0, 0.05) is 18.8 Å². The maximum absolute atomic E-state index is 5.44. The van der Waals surface area contributed by atoms with Gasteiger partial charge in [-0.05, 0) is 18.8 Å². The Balaban J connectivity index is 1.77. The third kappa shape index (κ3) is 3.68. The molecule has 0 atom stereocenters. The summed E-state index contributed by atoms with van der Waals surface area (Å²) in [6.45, 7) is 3.75. The fourth-order valence-electron chi connectivity index (χ4n) is 1.51. The van der Waals surface area contributed by atoms with Gasteiger partial charge in [-0.15, -0.1) is 0 Å². The summed E-state index contributed by atoms with van der Waals surface area (Å²) in [5.41, 5.74) is 0. The van der Waals surface area contributed by atoms with Crippen LogP contribution in [0.2, 0.25) is 0 Å². The Kier molecular flexibility index (Phi) is 3.97. The number of anilines is 1. The van der Waals surface area contributed by atoms with Crippen LogP contribution in [0.5, 0.6) is 5.88 Å². The predicted octanol–water partition coefficient (Wildman–Crippen LogP) is 2.48. The molecule has 0 radical (unpaired) electrons. The van der Waals surface area contributed by atoms with Crippen LogP contribution in [0.15, 0.2) is 12.3 Å². The van der Waals surface area contributed by atoms with Crippen molar-refractivity contribution < 1.29 is 4.74 Å². The van der Waals surface area contributed by atoms with E-state index < -0.39 is 0 Å². The Morgan fingerprint density at radius 1 is 1.50 bits per heavy atom. The first-order valence-corrected chi connectivity index (χ1v) is 6.08.